The quantitative estimate of drug-likeness (QED) is 0.604. The molecule has 1 saturated carbocycles. The van der Waals surface area contributed by atoms with Crippen molar-refractivity contribution in [3.63, 3.8) is 0 Å². The van der Waals surface area contributed by atoms with Crippen molar-refractivity contribution in [2.75, 3.05) is 5.75 Å². The average Bonchev–Trinajstić information content (AvgIpc) is 3.24. The first kappa shape index (κ1) is 21.8. The molecule has 2 fully saturated rings. The van der Waals surface area contributed by atoms with Gasteiger partial charge in [-0.2, -0.15) is 0 Å². The lowest BCUT2D eigenvalue weighted by molar-refractivity contribution is -0.123. The number of hydrogen-bond acceptors (Lipinski definition) is 7. The summed E-state index contributed by atoms with van der Waals surface area (Å²) in [6.07, 6.45) is 4.60. The van der Waals surface area contributed by atoms with Crippen molar-refractivity contribution in [1.82, 2.24) is 26.1 Å². The maximum absolute atomic E-state index is 12.3. The van der Waals surface area contributed by atoms with E-state index >= 15 is 0 Å². The highest BCUT2D eigenvalue weighted by atomic mass is 32.2. The van der Waals surface area contributed by atoms with Gasteiger partial charge in [0.2, 0.25) is 23.6 Å². The molecule has 2 amide bonds. The van der Waals surface area contributed by atoms with Crippen molar-refractivity contribution in [1.29, 1.82) is 0 Å². The number of nitrogens with one attached hydrogen (secondary N) is 3. The van der Waals surface area contributed by atoms with Crippen LogP contribution >= 0.6 is 11.8 Å². The van der Waals surface area contributed by atoms with Crippen LogP contribution in [0.4, 0.5) is 0 Å². The monoisotopic (exact) mass is 443 g/mol. The molecule has 9 heteroatoms. The van der Waals surface area contributed by atoms with Crippen LogP contribution in [0.25, 0.3) is 11.5 Å². The molecule has 1 aromatic carbocycles. The van der Waals surface area contributed by atoms with Crippen LogP contribution in [-0.2, 0) is 9.59 Å². The summed E-state index contributed by atoms with van der Waals surface area (Å²) in [4.78, 5) is 23.9. The largest absolute Gasteiger partial charge is 0.420 e. The summed E-state index contributed by atoms with van der Waals surface area (Å²) >= 11 is 1.56. The third-order valence-corrected chi connectivity index (χ3v) is 6.76. The summed E-state index contributed by atoms with van der Waals surface area (Å²) in [7, 11) is 0. The summed E-state index contributed by atoms with van der Waals surface area (Å²) in [6, 6.07) is 10.1. The highest BCUT2D eigenvalue weighted by Gasteiger charge is 2.27. The number of benzene rings is 1. The second-order valence-corrected chi connectivity index (χ2v) is 9.48. The fourth-order valence-corrected chi connectivity index (χ4v) is 5.17. The van der Waals surface area contributed by atoms with E-state index in [1.165, 1.54) is 0 Å². The van der Waals surface area contributed by atoms with Gasteiger partial charge in [-0.05, 0) is 44.7 Å². The number of carbonyl (C=O) groups excluding carboxylic acids is 2. The van der Waals surface area contributed by atoms with E-state index in [1.807, 2.05) is 37.3 Å². The Morgan fingerprint density at radius 2 is 1.97 bits per heavy atom. The summed E-state index contributed by atoms with van der Waals surface area (Å²) < 4.78 is 5.90. The topological polar surface area (TPSA) is 109 Å². The fraction of sp³-hybridized carbons (Fsp3) is 0.545. The maximum Gasteiger partial charge on any atom is 0.247 e. The zero-order valence-electron chi connectivity index (χ0n) is 17.7. The first-order valence-corrected chi connectivity index (χ1v) is 12.0. The van der Waals surface area contributed by atoms with E-state index in [2.05, 4.69) is 26.1 Å². The molecule has 0 bridgehead atoms. The van der Waals surface area contributed by atoms with Crippen LogP contribution in [-0.4, -0.2) is 45.3 Å². The van der Waals surface area contributed by atoms with Gasteiger partial charge >= 0.3 is 0 Å². The fourth-order valence-electron chi connectivity index (χ4n) is 4.08. The summed E-state index contributed by atoms with van der Waals surface area (Å²) in [6.45, 7) is 1.99. The minimum absolute atomic E-state index is 0.0575. The summed E-state index contributed by atoms with van der Waals surface area (Å²) in [5, 5.41) is 17.8. The highest BCUT2D eigenvalue weighted by Crippen LogP contribution is 2.33. The van der Waals surface area contributed by atoms with Gasteiger partial charge in [0.05, 0.1) is 0 Å². The van der Waals surface area contributed by atoms with Gasteiger partial charge in [0, 0.05) is 42.2 Å². The van der Waals surface area contributed by atoms with Gasteiger partial charge in [0.15, 0.2) is 0 Å². The lowest BCUT2D eigenvalue weighted by Gasteiger charge is -2.29. The van der Waals surface area contributed by atoms with Gasteiger partial charge in [0.25, 0.3) is 0 Å². The van der Waals surface area contributed by atoms with E-state index < -0.39 is 0 Å². The van der Waals surface area contributed by atoms with Gasteiger partial charge in [-0.1, -0.05) is 18.2 Å². The minimum atomic E-state index is -0.116. The van der Waals surface area contributed by atoms with Crippen molar-refractivity contribution in [2.24, 2.45) is 0 Å². The van der Waals surface area contributed by atoms with Gasteiger partial charge in [-0.3, -0.25) is 14.9 Å². The van der Waals surface area contributed by atoms with Crippen LogP contribution in [0.1, 0.15) is 57.3 Å². The molecule has 2 unspecified atom stereocenters. The molecule has 1 aromatic heterocycles. The second kappa shape index (κ2) is 10.3. The summed E-state index contributed by atoms with van der Waals surface area (Å²) in [5.74, 6) is 2.28. The summed E-state index contributed by atoms with van der Waals surface area (Å²) in [5.41, 5.74) is 0.812. The number of thioether (sulfide) groups is 1. The van der Waals surface area contributed by atoms with E-state index in [4.69, 9.17) is 4.42 Å². The molecule has 2 aromatic rings. The molecule has 1 aliphatic heterocycles. The Morgan fingerprint density at radius 1 is 1.19 bits per heavy atom. The van der Waals surface area contributed by atoms with Gasteiger partial charge in [-0.15, -0.1) is 22.0 Å². The Bertz CT molecular complexity index is 882. The molecule has 31 heavy (non-hydrogen) atoms. The highest BCUT2D eigenvalue weighted by molar-refractivity contribution is 7.99. The lowest BCUT2D eigenvalue weighted by atomic mass is 9.86. The number of amides is 2. The van der Waals surface area contributed by atoms with E-state index in [9.17, 15) is 9.59 Å². The number of aromatic nitrogens is 2. The molecular weight excluding hydrogens is 414 g/mol. The van der Waals surface area contributed by atoms with Crippen LogP contribution in [0, 0.1) is 0 Å². The average molecular weight is 444 g/mol. The zero-order valence-corrected chi connectivity index (χ0v) is 18.5. The molecule has 0 radical (unpaired) electrons. The van der Waals surface area contributed by atoms with E-state index in [1.54, 1.807) is 11.8 Å². The molecule has 4 rings (SSSR count). The molecule has 8 nitrogen and oxygen atoms in total. The predicted molar refractivity (Wildman–Crippen MR) is 119 cm³/mol. The van der Waals surface area contributed by atoms with E-state index in [0.717, 1.165) is 31.2 Å². The maximum atomic E-state index is 12.3. The number of rotatable bonds is 7. The standard InChI is InChI=1S/C22H29N5O3S/c1-14-13-19(29)25-22(23-14)31-12-11-18(28)24-17-9-7-16(8-10-17)21-27-26-20(30-21)15-5-3-2-4-6-15/h2-6,14,16-17,22-23H,7-13H2,1H3,(H,24,28)(H,25,29). The second-order valence-electron chi connectivity index (χ2n) is 8.27. The van der Waals surface area contributed by atoms with E-state index in [-0.39, 0.29) is 35.3 Å². The first-order chi connectivity index (χ1) is 15.1. The molecule has 2 aliphatic rings. The first-order valence-electron chi connectivity index (χ1n) is 10.9. The molecule has 0 spiro atoms. The Hall–Kier alpha value is -2.39. The third kappa shape index (κ3) is 6.07. The molecule has 1 saturated heterocycles. The zero-order chi connectivity index (χ0) is 21.6. The van der Waals surface area contributed by atoms with Gasteiger partial charge in [0.1, 0.15) is 5.50 Å². The Morgan fingerprint density at radius 3 is 2.71 bits per heavy atom. The van der Waals surface area contributed by atoms with Crippen LogP contribution in [0.3, 0.4) is 0 Å². The predicted octanol–water partition coefficient (Wildman–Crippen LogP) is 2.78. The van der Waals surface area contributed by atoms with Crippen LogP contribution in [0.5, 0.6) is 0 Å². The molecular formula is C22H29N5O3S. The van der Waals surface area contributed by atoms with Gasteiger partial charge < -0.3 is 15.1 Å². The Labute approximate surface area is 186 Å². The third-order valence-electron chi connectivity index (χ3n) is 5.74. The number of hydrogen-bond donors (Lipinski definition) is 3. The van der Waals surface area contributed by atoms with Crippen molar-refractivity contribution in [2.45, 2.75) is 68.9 Å². The van der Waals surface area contributed by atoms with Crippen LogP contribution < -0.4 is 16.0 Å². The van der Waals surface area contributed by atoms with E-state index in [0.29, 0.717) is 30.4 Å². The normalized spacial score (nSPS) is 26.3. The Kier molecular flexibility index (Phi) is 7.24. The van der Waals surface area contributed by atoms with Crippen LogP contribution in [0.2, 0.25) is 0 Å². The SMILES string of the molecule is CC1CC(=O)NC(SCCC(=O)NC2CCC(c3nnc(-c4ccccc4)o3)CC2)N1. The number of carbonyl (C=O) groups is 2. The molecule has 166 valence electrons. The molecule has 2 heterocycles. The molecule has 1 aliphatic carbocycles. The van der Waals surface area contributed by atoms with Crippen molar-refractivity contribution < 1.29 is 14.0 Å². The van der Waals surface area contributed by atoms with Crippen molar-refractivity contribution in [3.05, 3.63) is 36.2 Å². The molecule has 3 N–H and O–H groups in total. The van der Waals surface area contributed by atoms with Gasteiger partial charge in [-0.25, -0.2) is 0 Å². The Balaban J connectivity index is 1.17. The number of nitrogens with zero attached hydrogens (tertiary/aromatic N) is 2. The minimum Gasteiger partial charge on any atom is -0.420 e. The smallest absolute Gasteiger partial charge is 0.247 e. The lowest BCUT2D eigenvalue weighted by Crippen LogP contribution is -2.53. The van der Waals surface area contributed by atoms with Crippen LogP contribution in [0.15, 0.2) is 34.7 Å². The molecule has 2 atom stereocenters. The van der Waals surface area contributed by atoms with Crippen molar-refractivity contribution >= 4 is 23.6 Å². The van der Waals surface area contributed by atoms with Crippen molar-refractivity contribution in [3.8, 4) is 11.5 Å².